The summed E-state index contributed by atoms with van der Waals surface area (Å²) < 4.78 is 5.51. The molecule has 0 fully saturated rings. The van der Waals surface area contributed by atoms with Crippen molar-refractivity contribution in [3.8, 4) is 5.75 Å². The third-order valence-electron chi connectivity index (χ3n) is 5.82. The van der Waals surface area contributed by atoms with Gasteiger partial charge in [-0.25, -0.2) is 4.79 Å². The van der Waals surface area contributed by atoms with Crippen molar-refractivity contribution in [1.29, 1.82) is 0 Å². The van der Waals surface area contributed by atoms with Crippen LogP contribution < -0.4 is 10.1 Å². The number of aliphatic carboxylic acids is 1. The Balaban J connectivity index is 1.43. The topological polar surface area (TPSA) is 58.6 Å². The van der Waals surface area contributed by atoms with Gasteiger partial charge in [0.2, 0.25) is 0 Å². The quantitative estimate of drug-likeness (QED) is 0.539. The van der Waals surface area contributed by atoms with Gasteiger partial charge < -0.3 is 15.2 Å². The fraction of sp³-hybridized carbons (Fsp3) is 0.269. The van der Waals surface area contributed by atoms with E-state index in [9.17, 15) is 4.79 Å². The van der Waals surface area contributed by atoms with E-state index in [0.29, 0.717) is 5.75 Å². The van der Waals surface area contributed by atoms with Gasteiger partial charge in [0.05, 0.1) is 0 Å². The number of hydrogen-bond donors (Lipinski definition) is 2. The molecule has 4 heteroatoms. The Morgan fingerprint density at radius 1 is 1.00 bits per heavy atom. The molecule has 0 saturated carbocycles. The van der Waals surface area contributed by atoms with Crippen molar-refractivity contribution < 1.29 is 14.6 Å². The molecule has 30 heavy (non-hydrogen) atoms. The maximum atomic E-state index is 10.8. The number of benzene rings is 3. The molecule has 0 saturated heterocycles. The molecule has 0 aromatic heterocycles. The summed E-state index contributed by atoms with van der Waals surface area (Å²) in [6, 6.07) is 24.9. The average molecular weight is 402 g/mol. The zero-order chi connectivity index (χ0) is 21.0. The Morgan fingerprint density at radius 2 is 1.73 bits per heavy atom. The second kappa shape index (κ2) is 8.62. The number of para-hydroxylation sites is 1. The zero-order valence-electron chi connectivity index (χ0n) is 17.2. The Labute approximate surface area is 177 Å². The highest BCUT2D eigenvalue weighted by molar-refractivity contribution is 5.68. The van der Waals surface area contributed by atoms with E-state index in [4.69, 9.17) is 9.84 Å². The van der Waals surface area contributed by atoms with Crippen LogP contribution in [0, 0.1) is 5.41 Å². The van der Waals surface area contributed by atoms with E-state index in [1.807, 2.05) is 30.3 Å². The fourth-order valence-electron chi connectivity index (χ4n) is 4.35. The summed E-state index contributed by atoms with van der Waals surface area (Å²) in [5.41, 5.74) is 6.11. The van der Waals surface area contributed by atoms with E-state index in [-0.39, 0.29) is 12.0 Å². The summed E-state index contributed by atoms with van der Waals surface area (Å²) >= 11 is 0. The number of rotatable bonds is 7. The summed E-state index contributed by atoms with van der Waals surface area (Å²) in [7, 11) is 0. The van der Waals surface area contributed by atoms with E-state index in [1.165, 1.54) is 16.7 Å². The van der Waals surface area contributed by atoms with Crippen molar-refractivity contribution in [2.45, 2.75) is 32.6 Å². The molecule has 4 rings (SSSR count). The summed E-state index contributed by atoms with van der Waals surface area (Å²) in [6.07, 6.45) is 3.95. The van der Waals surface area contributed by atoms with E-state index in [2.05, 4.69) is 54.7 Å². The summed E-state index contributed by atoms with van der Waals surface area (Å²) in [4.78, 5) is 10.8. The minimum absolute atomic E-state index is 0.173. The number of carboxylic acid groups (broad SMARTS) is 1. The molecule has 1 aliphatic rings. The van der Waals surface area contributed by atoms with Crippen LogP contribution in [0.3, 0.4) is 0 Å². The molecule has 2 N–H and O–H groups in total. The molecule has 1 aliphatic carbocycles. The first-order valence-corrected chi connectivity index (χ1v) is 10.4. The van der Waals surface area contributed by atoms with Gasteiger partial charge in [-0.2, -0.15) is 0 Å². The lowest BCUT2D eigenvalue weighted by Gasteiger charge is -2.36. The third-order valence-corrected chi connectivity index (χ3v) is 5.82. The molecule has 4 nitrogen and oxygen atoms in total. The van der Waals surface area contributed by atoms with Crippen molar-refractivity contribution in [1.82, 2.24) is 0 Å². The molecular formula is C26H27NO3. The van der Waals surface area contributed by atoms with Gasteiger partial charge in [-0.05, 0) is 78.1 Å². The molecule has 0 heterocycles. The second-order valence-electron chi connectivity index (χ2n) is 8.43. The van der Waals surface area contributed by atoms with E-state index in [0.717, 1.165) is 37.1 Å². The first-order valence-electron chi connectivity index (χ1n) is 10.4. The lowest BCUT2D eigenvalue weighted by molar-refractivity contribution is -0.139. The second-order valence-corrected chi connectivity index (χ2v) is 8.43. The van der Waals surface area contributed by atoms with Gasteiger partial charge in [-0.3, -0.25) is 0 Å². The Morgan fingerprint density at radius 3 is 2.47 bits per heavy atom. The highest BCUT2D eigenvalue weighted by Crippen LogP contribution is 2.41. The van der Waals surface area contributed by atoms with Gasteiger partial charge in [0.25, 0.3) is 0 Å². The standard InChI is InChI=1S/C26H27NO3/c1-26(15-14-23-20(17-26)6-5-9-24(23)30-18-25(28)29)16-19-10-12-22(13-11-19)27-21-7-3-2-4-8-21/h2-13,27H,14-18H2,1H3,(H,28,29). The number of anilines is 2. The molecule has 1 atom stereocenters. The Kier molecular flexibility index (Phi) is 5.75. The van der Waals surface area contributed by atoms with Crippen LogP contribution in [0.4, 0.5) is 11.4 Å². The van der Waals surface area contributed by atoms with E-state index in [1.54, 1.807) is 0 Å². The summed E-state index contributed by atoms with van der Waals surface area (Å²) in [5.74, 6) is -0.230. The fourth-order valence-corrected chi connectivity index (χ4v) is 4.35. The van der Waals surface area contributed by atoms with E-state index < -0.39 is 5.97 Å². The third kappa shape index (κ3) is 4.82. The molecule has 0 aliphatic heterocycles. The molecule has 154 valence electrons. The van der Waals surface area contributed by atoms with Crippen LogP contribution in [0.5, 0.6) is 5.75 Å². The smallest absolute Gasteiger partial charge is 0.341 e. The van der Waals surface area contributed by atoms with E-state index >= 15 is 0 Å². The highest BCUT2D eigenvalue weighted by Gasteiger charge is 2.31. The molecule has 0 spiro atoms. The van der Waals surface area contributed by atoms with Crippen molar-refractivity contribution >= 4 is 17.3 Å². The summed E-state index contributed by atoms with van der Waals surface area (Å²) in [6.45, 7) is 2.05. The zero-order valence-corrected chi connectivity index (χ0v) is 17.2. The number of carboxylic acids is 1. The number of hydrogen-bond acceptors (Lipinski definition) is 3. The van der Waals surface area contributed by atoms with Gasteiger partial charge >= 0.3 is 5.97 Å². The average Bonchev–Trinajstić information content (AvgIpc) is 2.74. The predicted molar refractivity (Wildman–Crippen MR) is 120 cm³/mol. The minimum Gasteiger partial charge on any atom is -0.482 e. The Hall–Kier alpha value is -3.27. The molecule has 0 amide bonds. The van der Waals surface area contributed by atoms with Gasteiger partial charge in [-0.15, -0.1) is 0 Å². The predicted octanol–water partition coefficient (Wildman–Crippen LogP) is 5.63. The van der Waals surface area contributed by atoms with Gasteiger partial charge in [-0.1, -0.05) is 49.4 Å². The minimum atomic E-state index is -0.946. The SMILES string of the molecule is CC1(Cc2ccc(Nc3ccccc3)cc2)CCc2c(cccc2OCC(=O)O)C1. The lowest BCUT2D eigenvalue weighted by Crippen LogP contribution is -2.28. The molecule has 0 bridgehead atoms. The van der Waals surface area contributed by atoms with Gasteiger partial charge in [0, 0.05) is 11.4 Å². The first-order chi connectivity index (χ1) is 14.5. The molecule has 3 aromatic carbocycles. The van der Waals surface area contributed by atoms with Crippen LogP contribution in [-0.4, -0.2) is 17.7 Å². The maximum absolute atomic E-state index is 10.8. The van der Waals surface area contributed by atoms with Crippen molar-refractivity contribution in [3.63, 3.8) is 0 Å². The van der Waals surface area contributed by atoms with Crippen LogP contribution in [0.1, 0.15) is 30.0 Å². The summed E-state index contributed by atoms with van der Waals surface area (Å²) in [5, 5.41) is 12.3. The maximum Gasteiger partial charge on any atom is 0.341 e. The number of ether oxygens (including phenoxy) is 1. The van der Waals surface area contributed by atoms with Crippen LogP contribution >= 0.6 is 0 Å². The molecule has 0 radical (unpaired) electrons. The van der Waals surface area contributed by atoms with Crippen LogP contribution in [0.15, 0.2) is 72.8 Å². The number of carbonyl (C=O) groups is 1. The van der Waals surface area contributed by atoms with Crippen LogP contribution in [0.2, 0.25) is 0 Å². The van der Waals surface area contributed by atoms with Crippen LogP contribution in [0.25, 0.3) is 0 Å². The van der Waals surface area contributed by atoms with Crippen molar-refractivity contribution in [2.24, 2.45) is 5.41 Å². The highest BCUT2D eigenvalue weighted by atomic mass is 16.5. The first kappa shape index (κ1) is 20.0. The lowest BCUT2D eigenvalue weighted by atomic mass is 9.69. The van der Waals surface area contributed by atoms with Crippen LogP contribution in [-0.2, 0) is 24.1 Å². The van der Waals surface area contributed by atoms with Gasteiger partial charge in [0.1, 0.15) is 5.75 Å². The molecule has 3 aromatic rings. The monoisotopic (exact) mass is 401 g/mol. The largest absolute Gasteiger partial charge is 0.482 e. The number of nitrogens with one attached hydrogen (secondary N) is 1. The number of fused-ring (bicyclic) bond motifs is 1. The van der Waals surface area contributed by atoms with Crippen molar-refractivity contribution in [2.75, 3.05) is 11.9 Å². The molecular weight excluding hydrogens is 374 g/mol. The Bertz CT molecular complexity index is 1010. The van der Waals surface area contributed by atoms with Crippen molar-refractivity contribution in [3.05, 3.63) is 89.5 Å². The normalized spacial score (nSPS) is 17.8. The molecule has 1 unspecified atom stereocenters. The van der Waals surface area contributed by atoms with Gasteiger partial charge in [0.15, 0.2) is 6.61 Å².